The van der Waals surface area contributed by atoms with Gasteiger partial charge in [-0.3, -0.25) is 4.79 Å². The highest BCUT2D eigenvalue weighted by atomic mass is 16.1. The lowest BCUT2D eigenvalue weighted by molar-refractivity contribution is 0.0951. The molecule has 106 valence electrons. The van der Waals surface area contributed by atoms with E-state index in [-0.39, 0.29) is 11.3 Å². The monoisotopic (exact) mass is 264 g/mol. The van der Waals surface area contributed by atoms with Crippen LogP contribution in [0.5, 0.6) is 0 Å². The van der Waals surface area contributed by atoms with Crippen molar-refractivity contribution in [1.82, 2.24) is 15.2 Å². The highest BCUT2D eigenvalue weighted by Crippen LogP contribution is 2.22. The molecule has 1 aromatic rings. The van der Waals surface area contributed by atoms with Gasteiger partial charge in [0.2, 0.25) is 0 Å². The van der Waals surface area contributed by atoms with Gasteiger partial charge in [-0.1, -0.05) is 20.8 Å². The smallest absolute Gasteiger partial charge is 0.251 e. The first-order valence-corrected chi connectivity index (χ1v) is 6.41. The second kappa shape index (κ2) is 6.02. The molecule has 1 rings (SSSR count). The van der Waals surface area contributed by atoms with Crippen LogP contribution in [0.4, 0.5) is 5.82 Å². The van der Waals surface area contributed by atoms with Gasteiger partial charge in [0.1, 0.15) is 5.82 Å². The van der Waals surface area contributed by atoms with E-state index >= 15 is 0 Å². The van der Waals surface area contributed by atoms with Gasteiger partial charge >= 0.3 is 0 Å². The third-order valence-electron chi connectivity index (χ3n) is 2.72. The first-order valence-electron chi connectivity index (χ1n) is 6.41. The number of likely N-dealkylation sites (N-methyl/N-ethyl adjacent to an activating group) is 1. The maximum absolute atomic E-state index is 12.0. The van der Waals surface area contributed by atoms with Gasteiger partial charge in [-0.2, -0.15) is 0 Å². The molecule has 3 N–H and O–H groups in total. The van der Waals surface area contributed by atoms with Gasteiger partial charge < -0.3 is 16.0 Å². The third-order valence-corrected chi connectivity index (χ3v) is 2.72. The SMILES string of the molecule is CN(C)CCNC(=O)c1cc(N)nc(C(C)(C)C)c1. The molecule has 5 heteroatoms. The van der Waals surface area contributed by atoms with Crippen LogP contribution in [0.2, 0.25) is 0 Å². The minimum absolute atomic E-state index is 0.110. The predicted molar refractivity (Wildman–Crippen MR) is 78.2 cm³/mol. The van der Waals surface area contributed by atoms with Gasteiger partial charge in [0.05, 0.1) is 0 Å². The molecule has 0 aliphatic rings. The Hall–Kier alpha value is -1.62. The quantitative estimate of drug-likeness (QED) is 0.858. The van der Waals surface area contributed by atoms with E-state index in [4.69, 9.17) is 5.73 Å². The summed E-state index contributed by atoms with van der Waals surface area (Å²) >= 11 is 0. The van der Waals surface area contributed by atoms with Crippen LogP contribution in [0.15, 0.2) is 12.1 Å². The van der Waals surface area contributed by atoms with Gasteiger partial charge in [0.15, 0.2) is 0 Å². The second-order valence-electron chi connectivity index (χ2n) is 5.98. The van der Waals surface area contributed by atoms with Crippen molar-refractivity contribution in [2.45, 2.75) is 26.2 Å². The van der Waals surface area contributed by atoms with E-state index in [0.717, 1.165) is 12.2 Å². The molecule has 0 spiro atoms. The van der Waals surface area contributed by atoms with E-state index in [1.807, 2.05) is 39.8 Å². The number of nitrogens with one attached hydrogen (secondary N) is 1. The molecule has 0 unspecified atom stereocenters. The molecule has 19 heavy (non-hydrogen) atoms. The average Bonchev–Trinajstić information content (AvgIpc) is 2.26. The number of hydrogen-bond acceptors (Lipinski definition) is 4. The van der Waals surface area contributed by atoms with Crippen LogP contribution in [-0.2, 0) is 5.41 Å². The van der Waals surface area contributed by atoms with Crippen LogP contribution >= 0.6 is 0 Å². The number of carbonyl (C=O) groups is 1. The number of hydrogen-bond donors (Lipinski definition) is 2. The fourth-order valence-corrected chi connectivity index (χ4v) is 1.56. The maximum Gasteiger partial charge on any atom is 0.251 e. The van der Waals surface area contributed by atoms with E-state index in [1.54, 1.807) is 12.1 Å². The number of rotatable bonds is 4. The number of nitrogens with zero attached hydrogens (tertiary/aromatic N) is 2. The molecule has 0 aliphatic carbocycles. The molecule has 0 radical (unpaired) electrons. The molecule has 0 atom stereocenters. The molecule has 1 heterocycles. The summed E-state index contributed by atoms with van der Waals surface area (Å²) in [6, 6.07) is 3.42. The minimum atomic E-state index is -0.131. The van der Waals surface area contributed by atoms with Crippen LogP contribution in [0, 0.1) is 0 Å². The molecule has 0 aliphatic heterocycles. The molecule has 1 amide bonds. The molecular formula is C14H24N4O. The van der Waals surface area contributed by atoms with E-state index in [0.29, 0.717) is 17.9 Å². The largest absolute Gasteiger partial charge is 0.384 e. The zero-order valence-electron chi connectivity index (χ0n) is 12.4. The van der Waals surface area contributed by atoms with Crippen molar-refractivity contribution < 1.29 is 4.79 Å². The predicted octanol–water partition coefficient (Wildman–Crippen LogP) is 1.25. The molecule has 0 aromatic carbocycles. The van der Waals surface area contributed by atoms with Crippen molar-refractivity contribution in [1.29, 1.82) is 0 Å². The molecule has 1 aromatic heterocycles. The Balaban J connectivity index is 2.83. The van der Waals surface area contributed by atoms with Crippen molar-refractivity contribution in [3.05, 3.63) is 23.4 Å². The van der Waals surface area contributed by atoms with Crippen LogP contribution in [0.1, 0.15) is 36.8 Å². The lowest BCUT2D eigenvalue weighted by atomic mass is 9.90. The highest BCUT2D eigenvalue weighted by Gasteiger charge is 2.18. The minimum Gasteiger partial charge on any atom is -0.384 e. The van der Waals surface area contributed by atoms with E-state index in [9.17, 15) is 4.79 Å². The van der Waals surface area contributed by atoms with Gasteiger partial charge in [-0.15, -0.1) is 0 Å². The van der Waals surface area contributed by atoms with E-state index in [2.05, 4.69) is 10.3 Å². The van der Waals surface area contributed by atoms with Crippen molar-refractivity contribution in [3.63, 3.8) is 0 Å². The molecule has 0 fully saturated rings. The number of amides is 1. The Labute approximate surface area is 115 Å². The third kappa shape index (κ3) is 4.87. The zero-order valence-corrected chi connectivity index (χ0v) is 12.4. The number of nitrogen functional groups attached to an aromatic ring is 1. The molecule has 0 saturated carbocycles. The Morgan fingerprint density at radius 2 is 2.00 bits per heavy atom. The molecule has 0 bridgehead atoms. The fourth-order valence-electron chi connectivity index (χ4n) is 1.56. The van der Waals surface area contributed by atoms with Gasteiger partial charge in [-0.05, 0) is 26.2 Å². The number of aromatic nitrogens is 1. The van der Waals surface area contributed by atoms with Gasteiger partial charge in [-0.25, -0.2) is 4.98 Å². The lowest BCUT2D eigenvalue weighted by Gasteiger charge is -2.19. The summed E-state index contributed by atoms with van der Waals surface area (Å²) < 4.78 is 0. The van der Waals surface area contributed by atoms with Crippen LogP contribution in [0.25, 0.3) is 0 Å². The van der Waals surface area contributed by atoms with Crippen LogP contribution < -0.4 is 11.1 Å². The van der Waals surface area contributed by atoms with Gasteiger partial charge in [0, 0.05) is 29.8 Å². The maximum atomic E-state index is 12.0. The molecule has 0 saturated heterocycles. The number of nitrogens with two attached hydrogens (primary N) is 1. The van der Waals surface area contributed by atoms with Crippen molar-refractivity contribution in [2.24, 2.45) is 0 Å². The second-order valence-corrected chi connectivity index (χ2v) is 5.98. The normalized spacial score (nSPS) is 11.7. The summed E-state index contributed by atoms with van der Waals surface area (Å²) in [5.41, 5.74) is 7.03. The topological polar surface area (TPSA) is 71.2 Å². The Kier molecular flexibility index (Phi) is 4.89. The number of pyridine rings is 1. The summed E-state index contributed by atoms with van der Waals surface area (Å²) in [4.78, 5) is 18.3. The molecular weight excluding hydrogens is 240 g/mol. The Morgan fingerprint density at radius 3 is 2.53 bits per heavy atom. The van der Waals surface area contributed by atoms with Crippen molar-refractivity contribution in [3.8, 4) is 0 Å². The van der Waals surface area contributed by atoms with Crippen molar-refractivity contribution >= 4 is 11.7 Å². The Morgan fingerprint density at radius 1 is 1.37 bits per heavy atom. The Bertz CT molecular complexity index is 449. The zero-order chi connectivity index (χ0) is 14.6. The summed E-state index contributed by atoms with van der Waals surface area (Å²) in [5, 5.41) is 2.87. The standard InChI is InChI=1S/C14H24N4O/c1-14(2,3)11-8-10(9-12(15)17-11)13(19)16-6-7-18(4)5/h8-9H,6-7H2,1-5H3,(H2,15,17)(H,16,19). The van der Waals surface area contributed by atoms with E-state index < -0.39 is 0 Å². The first kappa shape index (κ1) is 15.4. The highest BCUT2D eigenvalue weighted by molar-refractivity contribution is 5.94. The molecule has 5 nitrogen and oxygen atoms in total. The van der Waals surface area contributed by atoms with Crippen LogP contribution in [-0.4, -0.2) is 43.0 Å². The average molecular weight is 264 g/mol. The van der Waals surface area contributed by atoms with Crippen LogP contribution in [0.3, 0.4) is 0 Å². The van der Waals surface area contributed by atoms with Gasteiger partial charge in [0.25, 0.3) is 5.91 Å². The summed E-state index contributed by atoms with van der Waals surface area (Å²) in [7, 11) is 3.93. The number of anilines is 1. The summed E-state index contributed by atoms with van der Waals surface area (Å²) in [5.74, 6) is 0.270. The first-order chi connectivity index (χ1) is 8.70. The summed E-state index contributed by atoms with van der Waals surface area (Å²) in [6.45, 7) is 7.55. The van der Waals surface area contributed by atoms with Crippen molar-refractivity contribution in [2.75, 3.05) is 32.9 Å². The lowest BCUT2D eigenvalue weighted by Crippen LogP contribution is -2.31. The number of carbonyl (C=O) groups excluding carboxylic acids is 1. The van der Waals surface area contributed by atoms with E-state index in [1.165, 1.54) is 0 Å². The summed E-state index contributed by atoms with van der Waals surface area (Å²) in [6.07, 6.45) is 0. The fraction of sp³-hybridized carbons (Fsp3) is 0.571.